The molecule has 2 aromatic rings. The molecule has 0 bridgehead atoms. The maximum atomic E-state index is 5.79. The van der Waals surface area contributed by atoms with Gasteiger partial charge in [0.1, 0.15) is 11.5 Å². The smallest absolute Gasteiger partial charge is 0.128 e. The summed E-state index contributed by atoms with van der Waals surface area (Å²) in [5.41, 5.74) is 0. The summed E-state index contributed by atoms with van der Waals surface area (Å²) >= 11 is 12.6. The van der Waals surface area contributed by atoms with Crippen LogP contribution in [0.2, 0.25) is 5.02 Å². The van der Waals surface area contributed by atoms with E-state index in [-0.39, 0.29) is 0 Å². The van der Waals surface area contributed by atoms with Gasteiger partial charge in [0.2, 0.25) is 0 Å². The number of hydrogen-bond acceptors (Lipinski definition) is 1. The van der Waals surface area contributed by atoms with E-state index >= 15 is 0 Å². The topological polar surface area (TPSA) is 9.23 Å². The summed E-state index contributed by atoms with van der Waals surface area (Å²) < 4.78 is 7.61. The van der Waals surface area contributed by atoms with E-state index in [4.69, 9.17) is 16.3 Å². The molecule has 0 saturated carbocycles. The molecule has 0 atom stereocenters. The van der Waals surface area contributed by atoms with Crippen LogP contribution in [-0.4, -0.2) is 0 Å². The largest absolute Gasteiger partial charge is 0.457 e. The fourth-order valence-corrected chi connectivity index (χ4v) is 1.91. The highest BCUT2D eigenvalue weighted by Crippen LogP contribution is 2.30. The van der Waals surface area contributed by atoms with Crippen molar-refractivity contribution < 1.29 is 4.74 Å². The predicted molar refractivity (Wildman–Crippen MR) is 73.4 cm³/mol. The quantitative estimate of drug-likeness (QED) is 0.670. The van der Waals surface area contributed by atoms with Crippen molar-refractivity contribution in [2.24, 2.45) is 0 Å². The lowest BCUT2D eigenvalue weighted by molar-refractivity contribution is 0.482. The first-order valence-electron chi connectivity index (χ1n) is 4.53. The molecule has 0 aliphatic heterocycles. The van der Waals surface area contributed by atoms with Gasteiger partial charge in [-0.3, -0.25) is 0 Å². The van der Waals surface area contributed by atoms with Gasteiger partial charge in [0.25, 0.3) is 0 Å². The van der Waals surface area contributed by atoms with Crippen molar-refractivity contribution in [3.05, 3.63) is 56.4 Å². The molecule has 2 rings (SSSR count). The van der Waals surface area contributed by atoms with E-state index in [0.717, 1.165) is 20.4 Å². The molecule has 0 unspecified atom stereocenters. The highest BCUT2D eigenvalue weighted by molar-refractivity contribution is 9.13. The Labute approximate surface area is 116 Å². The van der Waals surface area contributed by atoms with Crippen LogP contribution in [0.25, 0.3) is 0 Å². The standard InChI is InChI=1S/C12H7Br2ClO/c13-11-6-5-10(7-12(11)14)16-9-3-1-8(15)2-4-9/h1-7H. The van der Waals surface area contributed by atoms with Crippen molar-refractivity contribution in [2.45, 2.75) is 0 Å². The first kappa shape index (κ1) is 12.0. The predicted octanol–water partition coefficient (Wildman–Crippen LogP) is 5.66. The van der Waals surface area contributed by atoms with Crippen molar-refractivity contribution in [2.75, 3.05) is 0 Å². The summed E-state index contributed by atoms with van der Waals surface area (Å²) in [4.78, 5) is 0. The minimum Gasteiger partial charge on any atom is -0.457 e. The van der Waals surface area contributed by atoms with Crippen LogP contribution in [0.1, 0.15) is 0 Å². The Morgan fingerprint density at radius 3 is 2.06 bits per heavy atom. The van der Waals surface area contributed by atoms with Gasteiger partial charge in [-0.05, 0) is 74.3 Å². The van der Waals surface area contributed by atoms with Crippen molar-refractivity contribution in [1.82, 2.24) is 0 Å². The van der Waals surface area contributed by atoms with E-state index in [0.29, 0.717) is 5.02 Å². The van der Waals surface area contributed by atoms with Gasteiger partial charge in [-0.15, -0.1) is 0 Å². The van der Waals surface area contributed by atoms with Crippen molar-refractivity contribution in [3.8, 4) is 11.5 Å². The average molecular weight is 362 g/mol. The van der Waals surface area contributed by atoms with E-state index in [1.165, 1.54) is 0 Å². The Balaban J connectivity index is 2.20. The summed E-state index contributed by atoms with van der Waals surface area (Å²) in [5.74, 6) is 1.54. The van der Waals surface area contributed by atoms with Crippen LogP contribution < -0.4 is 4.74 Å². The Morgan fingerprint density at radius 2 is 1.44 bits per heavy atom. The third-order valence-corrected chi connectivity index (χ3v) is 4.07. The van der Waals surface area contributed by atoms with Crippen LogP contribution in [-0.2, 0) is 0 Å². The molecule has 0 spiro atoms. The summed E-state index contributed by atoms with van der Waals surface area (Å²) in [6, 6.07) is 13.0. The molecule has 0 N–H and O–H groups in total. The number of benzene rings is 2. The lowest BCUT2D eigenvalue weighted by Gasteiger charge is -2.06. The summed E-state index contributed by atoms with van der Waals surface area (Å²) in [6.45, 7) is 0. The fourth-order valence-electron chi connectivity index (χ4n) is 1.18. The van der Waals surface area contributed by atoms with Crippen molar-refractivity contribution in [3.63, 3.8) is 0 Å². The maximum Gasteiger partial charge on any atom is 0.128 e. The van der Waals surface area contributed by atoms with Gasteiger partial charge in [0, 0.05) is 14.0 Å². The molecule has 0 aliphatic carbocycles. The van der Waals surface area contributed by atoms with Crippen LogP contribution in [0.15, 0.2) is 51.4 Å². The van der Waals surface area contributed by atoms with E-state index in [2.05, 4.69) is 31.9 Å². The second-order valence-corrected chi connectivity index (χ2v) is 5.28. The Morgan fingerprint density at radius 1 is 0.812 bits per heavy atom. The fraction of sp³-hybridized carbons (Fsp3) is 0. The first-order valence-corrected chi connectivity index (χ1v) is 6.50. The normalized spacial score (nSPS) is 10.2. The molecule has 0 aliphatic rings. The van der Waals surface area contributed by atoms with Crippen molar-refractivity contribution in [1.29, 1.82) is 0 Å². The molecule has 2 aromatic carbocycles. The SMILES string of the molecule is Clc1ccc(Oc2ccc(Br)c(Br)c2)cc1. The molecule has 0 amide bonds. The summed E-state index contributed by atoms with van der Waals surface area (Å²) in [5, 5.41) is 0.698. The van der Waals surface area contributed by atoms with Gasteiger partial charge in [-0.2, -0.15) is 0 Å². The Kier molecular flexibility index (Phi) is 3.90. The average Bonchev–Trinajstić information content (AvgIpc) is 2.27. The van der Waals surface area contributed by atoms with Crippen LogP contribution >= 0.6 is 43.5 Å². The lowest BCUT2D eigenvalue weighted by Crippen LogP contribution is -1.83. The van der Waals surface area contributed by atoms with E-state index in [1.807, 2.05) is 30.3 Å². The molecule has 82 valence electrons. The van der Waals surface area contributed by atoms with Gasteiger partial charge in [-0.25, -0.2) is 0 Å². The van der Waals surface area contributed by atoms with Gasteiger partial charge >= 0.3 is 0 Å². The van der Waals surface area contributed by atoms with Crippen LogP contribution in [0.4, 0.5) is 0 Å². The molecule has 0 aromatic heterocycles. The minimum absolute atomic E-state index is 0.698. The molecular formula is C12H7Br2ClO. The van der Waals surface area contributed by atoms with Crippen LogP contribution in [0.3, 0.4) is 0 Å². The lowest BCUT2D eigenvalue weighted by atomic mass is 10.3. The molecule has 1 nitrogen and oxygen atoms in total. The maximum absolute atomic E-state index is 5.79. The van der Waals surface area contributed by atoms with Crippen molar-refractivity contribution >= 4 is 43.5 Å². The zero-order valence-corrected chi connectivity index (χ0v) is 12.0. The zero-order valence-electron chi connectivity index (χ0n) is 8.08. The number of hydrogen-bond donors (Lipinski definition) is 0. The minimum atomic E-state index is 0.698. The Bertz CT molecular complexity index is 497. The zero-order chi connectivity index (χ0) is 11.5. The molecule has 0 fully saturated rings. The third kappa shape index (κ3) is 3.00. The Hall–Kier alpha value is -0.510. The number of ether oxygens (including phenoxy) is 1. The number of halogens is 3. The summed E-state index contributed by atoms with van der Waals surface area (Å²) in [6.07, 6.45) is 0. The van der Waals surface area contributed by atoms with E-state index in [9.17, 15) is 0 Å². The highest BCUT2D eigenvalue weighted by atomic mass is 79.9. The number of rotatable bonds is 2. The van der Waals surface area contributed by atoms with Gasteiger partial charge in [0.15, 0.2) is 0 Å². The van der Waals surface area contributed by atoms with Gasteiger partial charge in [-0.1, -0.05) is 11.6 Å². The first-order chi connectivity index (χ1) is 7.65. The van der Waals surface area contributed by atoms with Gasteiger partial charge < -0.3 is 4.74 Å². The van der Waals surface area contributed by atoms with Crippen LogP contribution in [0.5, 0.6) is 11.5 Å². The molecule has 4 heteroatoms. The molecule has 0 heterocycles. The monoisotopic (exact) mass is 360 g/mol. The third-order valence-electron chi connectivity index (χ3n) is 1.94. The van der Waals surface area contributed by atoms with Gasteiger partial charge in [0.05, 0.1) is 0 Å². The molecule has 0 saturated heterocycles. The second-order valence-electron chi connectivity index (χ2n) is 3.13. The van der Waals surface area contributed by atoms with E-state index in [1.54, 1.807) is 12.1 Å². The van der Waals surface area contributed by atoms with E-state index < -0.39 is 0 Å². The van der Waals surface area contributed by atoms with Crippen LogP contribution in [0, 0.1) is 0 Å². The highest BCUT2D eigenvalue weighted by Gasteiger charge is 2.01. The second kappa shape index (κ2) is 5.21. The molecule has 0 radical (unpaired) electrons. The molecular weight excluding hydrogens is 355 g/mol. The molecule has 16 heavy (non-hydrogen) atoms. The summed E-state index contributed by atoms with van der Waals surface area (Å²) in [7, 11) is 0.